The van der Waals surface area contributed by atoms with Crippen molar-refractivity contribution >= 4 is 80.9 Å². The van der Waals surface area contributed by atoms with Crippen LogP contribution < -0.4 is 4.90 Å². The van der Waals surface area contributed by atoms with E-state index >= 15 is 0 Å². The lowest BCUT2D eigenvalue weighted by Gasteiger charge is -2.26. The van der Waals surface area contributed by atoms with Crippen molar-refractivity contribution in [2.75, 3.05) is 4.90 Å². The third-order valence-corrected chi connectivity index (χ3v) is 11.9. The SMILES string of the molecule is c1ccc(-c2cccc(N(c3ccc(-c4ccc5ccccc5c4)cc3)c3ccc4sc5ccc6nc(-c7ccccc7)sc6c5c4c3)c2)cc1. The van der Waals surface area contributed by atoms with E-state index < -0.39 is 0 Å². The Labute approximate surface area is 304 Å². The zero-order valence-corrected chi connectivity index (χ0v) is 29.2. The molecule has 0 fully saturated rings. The lowest BCUT2D eigenvalue weighted by molar-refractivity contribution is 1.29. The van der Waals surface area contributed by atoms with Crippen molar-refractivity contribution in [1.29, 1.82) is 0 Å². The zero-order chi connectivity index (χ0) is 33.7. The van der Waals surface area contributed by atoms with Crippen molar-refractivity contribution in [2.45, 2.75) is 0 Å². The molecule has 0 aliphatic heterocycles. The summed E-state index contributed by atoms with van der Waals surface area (Å²) in [4.78, 5) is 7.46. The molecule has 0 bridgehead atoms. The minimum Gasteiger partial charge on any atom is -0.310 e. The van der Waals surface area contributed by atoms with Crippen LogP contribution in [0.3, 0.4) is 0 Å². The van der Waals surface area contributed by atoms with Gasteiger partial charge in [0.1, 0.15) is 5.01 Å². The first-order chi connectivity index (χ1) is 25.2. The Morgan fingerprint density at radius 1 is 0.392 bits per heavy atom. The molecule has 240 valence electrons. The van der Waals surface area contributed by atoms with E-state index in [4.69, 9.17) is 4.98 Å². The van der Waals surface area contributed by atoms with Crippen LogP contribution in [0.25, 0.3) is 74.0 Å². The third kappa shape index (κ3) is 5.37. The summed E-state index contributed by atoms with van der Waals surface area (Å²) < 4.78 is 3.81. The number of anilines is 3. The molecular weight excluding hydrogens is 657 g/mol. The van der Waals surface area contributed by atoms with E-state index in [0.717, 1.165) is 33.1 Å². The van der Waals surface area contributed by atoms with Crippen LogP contribution in [0.2, 0.25) is 0 Å². The molecule has 0 unspecified atom stereocenters. The molecule has 2 aromatic heterocycles. The molecule has 2 nitrogen and oxygen atoms in total. The van der Waals surface area contributed by atoms with Gasteiger partial charge in [0.25, 0.3) is 0 Å². The predicted molar refractivity (Wildman–Crippen MR) is 221 cm³/mol. The number of hydrogen-bond acceptors (Lipinski definition) is 4. The third-order valence-electron chi connectivity index (χ3n) is 9.67. The maximum atomic E-state index is 5.07. The Hall–Kier alpha value is -6.07. The molecule has 0 spiro atoms. The van der Waals surface area contributed by atoms with E-state index in [0.29, 0.717) is 0 Å². The average molecular weight is 687 g/mol. The van der Waals surface area contributed by atoms with Gasteiger partial charge < -0.3 is 4.90 Å². The lowest BCUT2D eigenvalue weighted by Crippen LogP contribution is -2.10. The van der Waals surface area contributed by atoms with Crippen LogP contribution in [0, 0.1) is 0 Å². The van der Waals surface area contributed by atoms with E-state index in [1.54, 1.807) is 11.3 Å². The second-order valence-electron chi connectivity index (χ2n) is 12.8. The van der Waals surface area contributed by atoms with Crippen molar-refractivity contribution in [2.24, 2.45) is 0 Å². The smallest absolute Gasteiger partial charge is 0.124 e. The summed E-state index contributed by atoms with van der Waals surface area (Å²) in [6.07, 6.45) is 0. The van der Waals surface area contributed by atoms with E-state index in [9.17, 15) is 0 Å². The minimum atomic E-state index is 1.05. The molecule has 0 atom stereocenters. The van der Waals surface area contributed by atoms with Crippen molar-refractivity contribution in [3.05, 3.63) is 182 Å². The molecule has 51 heavy (non-hydrogen) atoms. The summed E-state index contributed by atoms with van der Waals surface area (Å²) >= 11 is 3.64. The maximum Gasteiger partial charge on any atom is 0.124 e. The van der Waals surface area contributed by atoms with Crippen molar-refractivity contribution in [3.63, 3.8) is 0 Å². The summed E-state index contributed by atoms with van der Waals surface area (Å²) in [6.45, 7) is 0. The van der Waals surface area contributed by atoms with Gasteiger partial charge in [-0.15, -0.1) is 22.7 Å². The number of thiophene rings is 1. The highest BCUT2D eigenvalue weighted by molar-refractivity contribution is 7.28. The van der Waals surface area contributed by atoms with E-state index in [1.165, 1.54) is 57.9 Å². The molecule has 0 saturated carbocycles. The first kappa shape index (κ1) is 29.8. The highest BCUT2D eigenvalue weighted by atomic mass is 32.1. The molecule has 4 heteroatoms. The number of nitrogens with zero attached hydrogens (tertiary/aromatic N) is 2. The van der Waals surface area contributed by atoms with Gasteiger partial charge >= 0.3 is 0 Å². The number of rotatable bonds is 6. The van der Waals surface area contributed by atoms with Gasteiger partial charge in [-0.1, -0.05) is 121 Å². The fourth-order valence-electron chi connectivity index (χ4n) is 7.15. The van der Waals surface area contributed by atoms with Crippen molar-refractivity contribution in [1.82, 2.24) is 4.98 Å². The van der Waals surface area contributed by atoms with Gasteiger partial charge in [0.15, 0.2) is 0 Å². The van der Waals surface area contributed by atoms with Crippen LogP contribution in [0.5, 0.6) is 0 Å². The maximum absolute atomic E-state index is 5.07. The Bertz CT molecular complexity index is 2850. The molecule has 2 heterocycles. The monoisotopic (exact) mass is 686 g/mol. The van der Waals surface area contributed by atoms with Crippen LogP contribution >= 0.6 is 22.7 Å². The quantitative estimate of drug-likeness (QED) is 0.173. The van der Waals surface area contributed by atoms with Crippen LogP contribution in [0.15, 0.2) is 182 Å². The molecule has 0 saturated heterocycles. The standard InChI is InChI=1S/C47H30N2S2/c1-3-10-31(11-4-1)36-16-9-17-39(29-36)49(38-22-20-33(21-23-38)37-19-18-32-12-7-8-15-35(32)28-37)40-24-26-43-41(30-40)45-44(50-43)27-25-42-46(45)51-47(48-42)34-13-5-2-6-14-34/h1-30H. The average Bonchev–Trinajstić information content (AvgIpc) is 3.81. The number of hydrogen-bond donors (Lipinski definition) is 0. The molecule has 10 rings (SSSR count). The molecule has 0 aliphatic rings. The Morgan fingerprint density at radius 2 is 1.02 bits per heavy atom. The first-order valence-electron chi connectivity index (χ1n) is 17.1. The lowest BCUT2D eigenvalue weighted by atomic mass is 10.0. The molecule has 0 aliphatic carbocycles. The Morgan fingerprint density at radius 3 is 1.84 bits per heavy atom. The molecular formula is C47H30N2S2. The summed E-state index contributed by atoms with van der Waals surface area (Å²) in [5.74, 6) is 0. The normalized spacial score (nSPS) is 11.5. The summed E-state index contributed by atoms with van der Waals surface area (Å²) in [6, 6.07) is 65.6. The second kappa shape index (κ2) is 12.4. The van der Waals surface area contributed by atoms with Crippen LogP contribution in [-0.2, 0) is 0 Å². The fraction of sp³-hybridized carbons (Fsp3) is 0. The highest BCUT2D eigenvalue weighted by Crippen LogP contribution is 2.45. The molecule has 0 amide bonds. The zero-order valence-electron chi connectivity index (χ0n) is 27.5. The number of benzene rings is 8. The summed E-state index contributed by atoms with van der Waals surface area (Å²) in [5, 5.41) is 6.11. The highest BCUT2D eigenvalue weighted by Gasteiger charge is 2.18. The van der Waals surface area contributed by atoms with Gasteiger partial charge in [-0.25, -0.2) is 4.98 Å². The van der Waals surface area contributed by atoms with Gasteiger partial charge in [-0.05, 0) is 93.7 Å². The number of fused-ring (bicyclic) bond motifs is 6. The minimum absolute atomic E-state index is 1.05. The molecule has 0 N–H and O–H groups in total. The molecule has 10 aromatic rings. The Kier molecular flexibility index (Phi) is 7.23. The van der Waals surface area contributed by atoms with Crippen LogP contribution in [0.1, 0.15) is 0 Å². The second-order valence-corrected chi connectivity index (χ2v) is 14.9. The van der Waals surface area contributed by atoms with Crippen molar-refractivity contribution < 1.29 is 0 Å². The topological polar surface area (TPSA) is 16.1 Å². The number of thiazole rings is 1. The van der Waals surface area contributed by atoms with Crippen molar-refractivity contribution in [3.8, 4) is 32.8 Å². The predicted octanol–water partition coefficient (Wildman–Crippen LogP) is 14.3. The van der Waals surface area contributed by atoms with E-state index in [2.05, 4.69) is 187 Å². The van der Waals surface area contributed by atoms with E-state index in [1.807, 2.05) is 11.3 Å². The first-order valence-corrected chi connectivity index (χ1v) is 18.7. The van der Waals surface area contributed by atoms with E-state index in [-0.39, 0.29) is 0 Å². The summed E-state index contributed by atoms with van der Waals surface area (Å²) in [5.41, 5.74) is 10.4. The van der Waals surface area contributed by atoms with Gasteiger partial charge in [-0.2, -0.15) is 0 Å². The Balaban J connectivity index is 1.13. The van der Waals surface area contributed by atoms with Gasteiger partial charge in [0, 0.05) is 42.8 Å². The van der Waals surface area contributed by atoms with Gasteiger partial charge in [0.2, 0.25) is 0 Å². The van der Waals surface area contributed by atoms with Gasteiger partial charge in [-0.3, -0.25) is 0 Å². The van der Waals surface area contributed by atoms with Gasteiger partial charge in [0.05, 0.1) is 10.2 Å². The molecule has 0 radical (unpaired) electrons. The summed E-state index contributed by atoms with van der Waals surface area (Å²) in [7, 11) is 0. The van der Waals surface area contributed by atoms with Crippen LogP contribution in [0.4, 0.5) is 17.1 Å². The molecule has 8 aromatic carbocycles. The fourth-order valence-corrected chi connectivity index (χ4v) is 9.44. The largest absolute Gasteiger partial charge is 0.310 e. The van der Waals surface area contributed by atoms with Crippen LogP contribution in [-0.4, -0.2) is 4.98 Å². The number of aromatic nitrogens is 1.